The maximum absolute atomic E-state index is 6.60. The van der Waals surface area contributed by atoms with Gasteiger partial charge in [-0.1, -0.05) is 33.6 Å². The molecule has 0 aromatic rings. The minimum atomic E-state index is 0.421. The molecule has 2 aliphatic carbocycles. The van der Waals surface area contributed by atoms with Gasteiger partial charge in [0.1, 0.15) is 0 Å². The van der Waals surface area contributed by atoms with Crippen LogP contribution in [0, 0.1) is 17.3 Å². The van der Waals surface area contributed by atoms with Crippen molar-refractivity contribution >= 4 is 0 Å². The van der Waals surface area contributed by atoms with Crippen molar-refractivity contribution in [2.24, 2.45) is 23.0 Å². The van der Waals surface area contributed by atoms with Crippen molar-refractivity contribution in [2.75, 3.05) is 6.54 Å². The van der Waals surface area contributed by atoms with E-state index in [0.717, 1.165) is 17.9 Å². The number of hydrogen-bond acceptors (Lipinski definition) is 2. The van der Waals surface area contributed by atoms with E-state index < -0.39 is 0 Å². The third-order valence-corrected chi connectivity index (χ3v) is 6.81. The van der Waals surface area contributed by atoms with Crippen LogP contribution in [0.4, 0.5) is 0 Å². The maximum Gasteiger partial charge on any atom is 0.0253 e. The molecule has 1 heterocycles. The van der Waals surface area contributed by atoms with Crippen molar-refractivity contribution in [3.8, 4) is 0 Å². The zero-order valence-corrected chi connectivity index (χ0v) is 14.5. The Morgan fingerprint density at radius 2 is 1.57 bits per heavy atom. The molecular weight excluding hydrogens is 256 g/mol. The summed E-state index contributed by atoms with van der Waals surface area (Å²) in [6.07, 6.45) is 12.6. The first-order chi connectivity index (χ1) is 9.97. The average molecular weight is 293 g/mol. The molecule has 122 valence electrons. The van der Waals surface area contributed by atoms with Crippen LogP contribution in [-0.2, 0) is 0 Å². The van der Waals surface area contributed by atoms with Gasteiger partial charge in [-0.2, -0.15) is 0 Å². The average Bonchev–Trinajstić information content (AvgIpc) is 2.46. The first kappa shape index (κ1) is 15.8. The molecule has 0 amide bonds. The van der Waals surface area contributed by atoms with E-state index in [1.807, 2.05) is 0 Å². The number of rotatable bonds is 1. The summed E-state index contributed by atoms with van der Waals surface area (Å²) < 4.78 is 0. The SMILES string of the molecule is CC(C)(C)C1CCC(N)C(N2CCCC3CCCCC32)C1. The van der Waals surface area contributed by atoms with Crippen molar-refractivity contribution < 1.29 is 0 Å². The second-order valence-electron chi connectivity index (χ2n) is 9.10. The van der Waals surface area contributed by atoms with Gasteiger partial charge in [0.05, 0.1) is 0 Å². The summed E-state index contributed by atoms with van der Waals surface area (Å²) in [5, 5.41) is 0. The Morgan fingerprint density at radius 3 is 2.33 bits per heavy atom. The van der Waals surface area contributed by atoms with Gasteiger partial charge in [-0.3, -0.25) is 4.90 Å². The molecule has 2 saturated carbocycles. The molecule has 2 N–H and O–H groups in total. The molecule has 5 unspecified atom stereocenters. The fourth-order valence-corrected chi connectivity index (χ4v) is 5.41. The molecule has 3 aliphatic rings. The Balaban J connectivity index is 1.73. The first-order valence-corrected chi connectivity index (χ1v) is 9.48. The minimum absolute atomic E-state index is 0.421. The number of likely N-dealkylation sites (tertiary alicyclic amines) is 1. The fourth-order valence-electron chi connectivity index (χ4n) is 5.41. The highest BCUT2D eigenvalue weighted by Gasteiger charge is 2.42. The zero-order chi connectivity index (χ0) is 15.0. The van der Waals surface area contributed by atoms with Crippen molar-refractivity contribution in [1.29, 1.82) is 0 Å². The van der Waals surface area contributed by atoms with E-state index in [1.165, 1.54) is 64.3 Å². The molecule has 0 spiro atoms. The van der Waals surface area contributed by atoms with Crippen LogP contribution in [-0.4, -0.2) is 29.6 Å². The predicted molar refractivity (Wildman–Crippen MR) is 90.2 cm³/mol. The molecule has 3 fully saturated rings. The van der Waals surface area contributed by atoms with E-state index in [2.05, 4.69) is 25.7 Å². The van der Waals surface area contributed by atoms with Crippen LogP contribution in [0.25, 0.3) is 0 Å². The van der Waals surface area contributed by atoms with E-state index >= 15 is 0 Å². The Labute approximate surface area is 131 Å². The number of piperidine rings is 1. The molecule has 21 heavy (non-hydrogen) atoms. The molecule has 3 rings (SSSR count). The molecule has 0 aromatic carbocycles. The van der Waals surface area contributed by atoms with Crippen LogP contribution in [0.1, 0.15) is 78.6 Å². The molecule has 1 saturated heterocycles. The van der Waals surface area contributed by atoms with Gasteiger partial charge >= 0.3 is 0 Å². The summed E-state index contributed by atoms with van der Waals surface area (Å²) in [5.74, 6) is 1.83. The van der Waals surface area contributed by atoms with Gasteiger partial charge in [-0.25, -0.2) is 0 Å². The maximum atomic E-state index is 6.60. The quantitative estimate of drug-likeness (QED) is 0.785. The van der Waals surface area contributed by atoms with Gasteiger partial charge in [0, 0.05) is 18.1 Å². The van der Waals surface area contributed by atoms with Crippen molar-refractivity contribution in [3.63, 3.8) is 0 Å². The minimum Gasteiger partial charge on any atom is -0.326 e. The third kappa shape index (κ3) is 3.32. The van der Waals surface area contributed by atoms with Gasteiger partial charge in [0.2, 0.25) is 0 Å². The van der Waals surface area contributed by atoms with E-state index in [-0.39, 0.29) is 0 Å². The molecule has 2 nitrogen and oxygen atoms in total. The largest absolute Gasteiger partial charge is 0.326 e. The summed E-state index contributed by atoms with van der Waals surface area (Å²) in [4.78, 5) is 2.88. The summed E-state index contributed by atoms with van der Waals surface area (Å²) in [6.45, 7) is 8.58. The summed E-state index contributed by atoms with van der Waals surface area (Å²) in [7, 11) is 0. The lowest BCUT2D eigenvalue weighted by Crippen LogP contribution is -2.59. The van der Waals surface area contributed by atoms with E-state index in [0.29, 0.717) is 17.5 Å². The monoisotopic (exact) mass is 292 g/mol. The summed E-state index contributed by atoms with van der Waals surface area (Å²) in [6, 6.07) is 1.94. The van der Waals surface area contributed by atoms with Gasteiger partial charge < -0.3 is 5.73 Å². The van der Waals surface area contributed by atoms with E-state index in [4.69, 9.17) is 5.73 Å². The van der Waals surface area contributed by atoms with Crippen LogP contribution >= 0.6 is 0 Å². The zero-order valence-electron chi connectivity index (χ0n) is 14.5. The Morgan fingerprint density at radius 1 is 0.857 bits per heavy atom. The van der Waals surface area contributed by atoms with Gasteiger partial charge in [0.15, 0.2) is 0 Å². The standard InChI is InChI=1S/C19H36N2/c1-19(2,3)15-10-11-16(20)18(13-15)21-12-6-8-14-7-4-5-9-17(14)21/h14-18H,4-13,20H2,1-3H3. The molecule has 2 heteroatoms. The Bertz CT molecular complexity index is 344. The number of fused-ring (bicyclic) bond motifs is 1. The van der Waals surface area contributed by atoms with E-state index in [1.54, 1.807) is 0 Å². The van der Waals surface area contributed by atoms with Gasteiger partial charge in [-0.15, -0.1) is 0 Å². The molecular formula is C19H36N2. The normalized spacial score (nSPS) is 42.6. The first-order valence-electron chi connectivity index (χ1n) is 9.48. The highest BCUT2D eigenvalue weighted by atomic mass is 15.2. The number of hydrogen-bond donors (Lipinski definition) is 1. The Hall–Kier alpha value is -0.0800. The third-order valence-electron chi connectivity index (χ3n) is 6.81. The van der Waals surface area contributed by atoms with Gasteiger partial charge in [0.25, 0.3) is 0 Å². The highest BCUT2D eigenvalue weighted by Crippen LogP contribution is 2.43. The number of nitrogens with zero attached hydrogens (tertiary/aromatic N) is 1. The lowest BCUT2D eigenvalue weighted by atomic mass is 9.68. The summed E-state index contributed by atoms with van der Waals surface area (Å²) >= 11 is 0. The molecule has 0 aromatic heterocycles. The number of nitrogens with two attached hydrogens (primary N) is 1. The van der Waals surface area contributed by atoms with Crippen molar-refractivity contribution in [2.45, 2.75) is 96.7 Å². The van der Waals surface area contributed by atoms with Crippen LogP contribution in [0.3, 0.4) is 0 Å². The Kier molecular flexibility index (Phi) is 4.66. The lowest BCUT2D eigenvalue weighted by molar-refractivity contribution is -0.0146. The van der Waals surface area contributed by atoms with Crippen molar-refractivity contribution in [1.82, 2.24) is 4.90 Å². The topological polar surface area (TPSA) is 29.3 Å². The van der Waals surface area contributed by atoms with Crippen LogP contribution < -0.4 is 5.73 Å². The van der Waals surface area contributed by atoms with Gasteiger partial charge in [-0.05, 0) is 68.7 Å². The van der Waals surface area contributed by atoms with Crippen molar-refractivity contribution in [3.05, 3.63) is 0 Å². The smallest absolute Gasteiger partial charge is 0.0253 e. The van der Waals surface area contributed by atoms with E-state index in [9.17, 15) is 0 Å². The molecule has 5 atom stereocenters. The highest BCUT2D eigenvalue weighted by molar-refractivity contribution is 4.98. The van der Waals surface area contributed by atoms with Crippen LogP contribution in [0.2, 0.25) is 0 Å². The molecule has 1 aliphatic heterocycles. The van der Waals surface area contributed by atoms with Crippen LogP contribution in [0.15, 0.2) is 0 Å². The van der Waals surface area contributed by atoms with Crippen LogP contribution in [0.5, 0.6) is 0 Å². The summed E-state index contributed by atoms with van der Waals surface area (Å²) in [5.41, 5.74) is 7.04. The predicted octanol–water partition coefficient (Wildman–Crippen LogP) is 4.18. The second kappa shape index (κ2) is 6.20. The molecule has 0 radical (unpaired) electrons. The molecule has 0 bridgehead atoms. The second-order valence-corrected chi connectivity index (χ2v) is 9.10. The lowest BCUT2D eigenvalue weighted by Gasteiger charge is -2.52. The fraction of sp³-hybridized carbons (Fsp3) is 1.00.